The zero-order valence-electron chi connectivity index (χ0n) is 20.1. The van der Waals surface area contributed by atoms with E-state index in [1.807, 2.05) is 49.6 Å². The van der Waals surface area contributed by atoms with Gasteiger partial charge in [-0.2, -0.15) is 0 Å². The molecule has 1 aliphatic carbocycles. The van der Waals surface area contributed by atoms with Crippen molar-refractivity contribution in [3.05, 3.63) is 54.4 Å². The van der Waals surface area contributed by atoms with Crippen molar-refractivity contribution in [3.63, 3.8) is 0 Å². The standard InChI is InChI=1S/C28H37N3O2/c1-30(2)27(33)28(21-24-9-5-6-10-25(24)23-13-17-29-18-14-23)15-19-31(20-16-28)26(32)12-11-22-7-3-4-8-22/h5-6,9-10,13-14,17-18,22H,3-4,7-8,11-12,15-16,19-21H2,1-2H3. The maximum Gasteiger partial charge on any atom is 0.228 e. The highest BCUT2D eigenvalue weighted by molar-refractivity contribution is 5.84. The molecule has 2 fully saturated rings. The second-order valence-corrected chi connectivity index (χ2v) is 10.1. The van der Waals surface area contributed by atoms with Gasteiger partial charge in [0.25, 0.3) is 0 Å². The molecule has 2 aliphatic rings. The molecule has 0 spiro atoms. The Labute approximate surface area is 198 Å². The Hall–Kier alpha value is -2.69. The number of aromatic nitrogens is 1. The monoisotopic (exact) mass is 447 g/mol. The van der Waals surface area contributed by atoms with Gasteiger partial charge in [0, 0.05) is 46.0 Å². The fourth-order valence-corrected chi connectivity index (χ4v) is 5.76. The predicted octanol–water partition coefficient (Wildman–Crippen LogP) is 4.96. The van der Waals surface area contributed by atoms with Crippen molar-refractivity contribution < 1.29 is 9.59 Å². The molecule has 1 aromatic heterocycles. The molecule has 0 bridgehead atoms. The van der Waals surface area contributed by atoms with Gasteiger partial charge in [0.05, 0.1) is 5.41 Å². The maximum atomic E-state index is 13.5. The van der Waals surface area contributed by atoms with Gasteiger partial charge in [-0.1, -0.05) is 49.9 Å². The van der Waals surface area contributed by atoms with Gasteiger partial charge in [-0.25, -0.2) is 0 Å². The largest absolute Gasteiger partial charge is 0.348 e. The van der Waals surface area contributed by atoms with Crippen molar-refractivity contribution in [1.29, 1.82) is 0 Å². The van der Waals surface area contributed by atoms with Crippen molar-refractivity contribution in [2.45, 2.75) is 57.8 Å². The quantitative estimate of drug-likeness (QED) is 0.603. The Balaban J connectivity index is 1.49. The Morgan fingerprint density at radius 3 is 2.36 bits per heavy atom. The molecular formula is C28H37N3O2. The molecule has 0 radical (unpaired) electrons. The lowest BCUT2D eigenvalue weighted by Crippen LogP contribution is -2.51. The Bertz CT molecular complexity index is 943. The van der Waals surface area contributed by atoms with Gasteiger partial charge < -0.3 is 9.80 Å². The van der Waals surface area contributed by atoms with E-state index in [9.17, 15) is 9.59 Å². The van der Waals surface area contributed by atoms with Crippen LogP contribution in [0, 0.1) is 11.3 Å². The first-order valence-electron chi connectivity index (χ1n) is 12.5. The molecular weight excluding hydrogens is 410 g/mol. The molecule has 0 N–H and O–H groups in total. The summed E-state index contributed by atoms with van der Waals surface area (Å²) in [6.07, 6.45) is 12.6. The number of nitrogens with zero attached hydrogens (tertiary/aromatic N) is 3. The molecule has 0 unspecified atom stereocenters. The smallest absolute Gasteiger partial charge is 0.228 e. The fraction of sp³-hybridized carbons (Fsp3) is 0.536. The van der Waals surface area contributed by atoms with Crippen LogP contribution in [-0.2, 0) is 16.0 Å². The summed E-state index contributed by atoms with van der Waals surface area (Å²) in [5.41, 5.74) is 2.97. The SMILES string of the molecule is CN(C)C(=O)C1(Cc2ccccc2-c2ccncc2)CCN(C(=O)CCC2CCCC2)CC1. The van der Waals surface area contributed by atoms with Crippen LogP contribution in [0.4, 0.5) is 0 Å². The highest BCUT2D eigenvalue weighted by Crippen LogP contribution is 2.39. The van der Waals surface area contributed by atoms with E-state index in [4.69, 9.17) is 0 Å². The van der Waals surface area contributed by atoms with Gasteiger partial charge in [0.1, 0.15) is 0 Å². The third kappa shape index (κ3) is 5.45. The normalized spacial score (nSPS) is 18.3. The van der Waals surface area contributed by atoms with Crippen LogP contribution in [0.5, 0.6) is 0 Å². The van der Waals surface area contributed by atoms with Crippen molar-refractivity contribution in [2.24, 2.45) is 11.3 Å². The van der Waals surface area contributed by atoms with E-state index in [1.165, 1.54) is 31.2 Å². The number of piperidine rings is 1. The number of hydrogen-bond donors (Lipinski definition) is 0. The van der Waals surface area contributed by atoms with Crippen LogP contribution in [0.25, 0.3) is 11.1 Å². The minimum atomic E-state index is -0.477. The summed E-state index contributed by atoms with van der Waals surface area (Å²) in [6, 6.07) is 12.4. The summed E-state index contributed by atoms with van der Waals surface area (Å²) in [5, 5.41) is 0. The van der Waals surface area contributed by atoms with Crippen LogP contribution in [0.3, 0.4) is 0 Å². The van der Waals surface area contributed by atoms with E-state index in [2.05, 4.69) is 23.2 Å². The molecule has 1 aromatic carbocycles. The molecule has 5 nitrogen and oxygen atoms in total. The maximum absolute atomic E-state index is 13.5. The summed E-state index contributed by atoms with van der Waals surface area (Å²) in [5.74, 6) is 1.17. The summed E-state index contributed by atoms with van der Waals surface area (Å²) < 4.78 is 0. The van der Waals surface area contributed by atoms with E-state index in [-0.39, 0.29) is 11.8 Å². The van der Waals surface area contributed by atoms with Crippen LogP contribution in [0.15, 0.2) is 48.8 Å². The lowest BCUT2D eigenvalue weighted by atomic mass is 9.71. The fourth-order valence-electron chi connectivity index (χ4n) is 5.76. The molecule has 2 heterocycles. The molecule has 4 rings (SSSR count). The number of amides is 2. The van der Waals surface area contributed by atoms with Gasteiger partial charge in [-0.3, -0.25) is 14.6 Å². The average Bonchev–Trinajstić information content (AvgIpc) is 3.37. The topological polar surface area (TPSA) is 53.5 Å². The summed E-state index contributed by atoms with van der Waals surface area (Å²) in [4.78, 5) is 34.2. The van der Waals surface area contributed by atoms with Crippen molar-refractivity contribution >= 4 is 11.8 Å². The van der Waals surface area contributed by atoms with Gasteiger partial charge in [0.2, 0.25) is 11.8 Å². The van der Waals surface area contributed by atoms with E-state index < -0.39 is 5.41 Å². The lowest BCUT2D eigenvalue weighted by Gasteiger charge is -2.42. The number of carbonyl (C=O) groups is 2. The average molecular weight is 448 g/mol. The minimum absolute atomic E-state index is 0.171. The number of carbonyl (C=O) groups excluding carboxylic acids is 2. The van der Waals surface area contributed by atoms with Crippen LogP contribution < -0.4 is 0 Å². The molecule has 2 amide bonds. The molecule has 1 saturated heterocycles. The van der Waals surface area contributed by atoms with Gasteiger partial charge in [-0.15, -0.1) is 0 Å². The number of likely N-dealkylation sites (tertiary alicyclic amines) is 1. The molecule has 1 aliphatic heterocycles. The number of benzene rings is 1. The third-order valence-corrected chi connectivity index (χ3v) is 7.71. The second-order valence-electron chi connectivity index (χ2n) is 10.1. The molecule has 33 heavy (non-hydrogen) atoms. The molecule has 5 heteroatoms. The van der Waals surface area contributed by atoms with Crippen LogP contribution >= 0.6 is 0 Å². The van der Waals surface area contributed by atoms with E-state index in [0.29, 0.717) is 38.8 Å². The first-order valence-corrected chi connectivity index (χ1v) is 12.5. The highest BCUT2D eigenvalue weighted by atomic mass is 16.2. The van der Waals surface area contributed by atoms with Crippen LogP contribution in [-0.4, -0.2) is 53.8 Å². The van der Waals surface area contributed by atoms with E-state index >= 15 is 0 Å². The van der Waals surface area contributed by atoms with Crippen LogP contribution in [0.2, 0.25) is 0 Å². The Morgan fingerprint density at radius 1 is 1.03 bits per heavy atom. The van der Waals surface area contributed by atoms with Gasteiger partial charge in [-0.05, 0) is 60.4 Å². The van der Waals surface area contributed by atoms with Crippen molar-refractivity contribution in [3.8, 4) is 11.1 Å². The molecule has 0 atom stereocenters. The Kier molecular flexibility index (Phi) is 7.46. The lowest BCUT2D eigenvalue weighted by molar-refractivity contribution is -0.146. The first-order chi connectivity index (χ1) is 16.0. The van der Waals surface area contributed by atoms with Crippen molar-refractivity contribution in [2.75, 3.05) is 27.2 Å². The summed E-state index contributed by atoms with van der Waals surface area (Å²) >= 11 is 0. The zero-order chi connectivity index (χ0) is 23.3. The minimum Gasteiger partial charge on any atom is -0.348 e. The molecule has 2 aromatic rings. The predicted molar refractivity (Wildman–Crippen MR) is 132 cm³/mol. The van der Waals surface area contributed by atoms with Gasteiger partial charge in [0.15, 0.2) is 0 Å². The third-order valence-electron chi connectivity index (χ3n) is 7.71. The van der Waals surface area contributed by atoms with E-state index in [1.54, 1.807) is 4.90 Å². The van der Waals surface area contributed by atoms with Crippen LogP contribution in [0.1, 0.15) is 56.9 Å². The number of rotatable bonds is 7. The molecule has 176 valence electrons. The summed E-state index contributed by atoms with van der Waals surface area (Å²) in [6.45, 7) is 1.33. The number of hydrogen-bond acceptors (Lipinski definition) is 3. The van der Waals surface area contributed by atoms with Gasteiger partial charge >= 0.3 is 0 Å². The Morgan fingerprint density at radius 2 is 1.70 bits per heavy atom. The summed E-state index contributed by atoms with van der Waals surface area (Å²) in [7, 11) is 3.69. The zero-order valence-corrected chi connectivity index (χ0v) is 20.1. The highest BCUT2D eigenvalue weighted by Gasteiger charge is 2.43. The second kappa shape index (κ2) is 10.5. The molecule has 1 saturated carbocycles. The van der Waals surface area contributed by atoms with E-state index in [0.717, 1.165) is 23.5 Å². The first kappa shape index (κ1) is 23.5. The number of pyridine rings is 1. The van der Waals surface area contributed by atoms with Crippen molar-refractivity contribution in [1.82, 2.24) is 14.8 Å².